The lowest BCUT2D eigenvalue weighted by atomic mass is 9.70. The van der Waals surface area contributed by atoms with Crippen LogP contribution < -0.4 is 5.73 Å². The number of hydrogen-bond donors (Lipinski definition) is 1. The smallest absolute Gasteiger partial charge is 0.0108 e. The molecule has 110 valence electrons. The van der Waals surface area contributed by atoms with Crippen molar-refractivity contribution in [3.8, 4) is 0 Å². The summed E-state index contributed by atoms with van der Waals surface area (Å²) >= 11 is 0. The van der Waals surface area contributed by atoms with E-state index in [9.17, 15) is 0 Å². The molecule has 0 amide bonds. The molecule has 2 saturated carbocycles. The Bertz CT molecular complexity index is 465. The van der Waals surface area contributed by atoms with Crippen LogP contribution in [0.4, 0.5) is 0 Å². The van der Waals surface area contributed by atoms with Crippen LogP contribution in [0.2, 0.25) is 0 Å². The zero-order valence-electron chi connectivity index (χ0n) is 13.3. The average molecular weight is 271 g/mol. The number of rotatable bonds is 3. The molecular weight excluding hydrogens is 242 g/mol. The Morgan fingerprint density at radius 2 is 1.75 bits per heavy atom. The van der Waals surface area contributed by atoms with Gasteiger partial charge in [-0.25, -0.2) is 0 Å². The Morgan fingerprint density at radius 1 is 1.10 bits per heavy atom. The molecule has 3 rings (SSSR count). The Hall–Kier alpha value is -0.820. The molecule has 1 heteroatoms. The van der Waals surface area contributed by atoms with Gasteiger partial charge < -0.3 is 5.73 Å². The van der Waals surface area contributed by atoms with Crippen LogP contribution >= 0.6 is 0 Å². The average Bonchev–Trinajstić information content (AvgIpc) is 3.19. The van der Waals surface area contributed by atoms with E-state index in [0.29, 0.717) is 10.8 Å². The Labute approximate surface area is 124 Å². The van der Waals surface area contributed by atoms with Crippen molar-refractivity contribution in [2.45, 2.75) is 76.7 Å². The molecule has 1 aromatic carbocycles. The van der Waals surface area contributed by atoms with Crippen LogP contribution in [0.25, 0.3) is 0 Å². The third kappa shape index (κ3) is 2.53. The summed E-state index contributed by atoms with van der Waals surface area (Å²) in [5.74, 6) is 0.762. The van der Waals surface area contributed by atoms with E-state index in [0.717, 1.165) is 5.92 Å². The van der Waals surface area contributed by atoms with E-state index in [1.54, 1.807) is 5.56 Å². The molecule has 2 unspecified atom stereocenters. The van der Waals surface area contributed by atoms with Gasteiger partial charge in [0.25, 0.3) is 0 Å². The maximum Gasteiger partial charge on any atom is 0.0108 e. The number of benzene rings is 1. The Kier molecular flexibility index (Phi) is 3.44. The standard InChI is InChI=1S/C19H29N/c1-14(20)19(11-12-19)17-8-6-15(7-9-17)16-5-4-10-18(2,3)13-16/h6-9,14,16H,4-5,10-13,20H2,1-3H3. The zero-order valence-corrected chi connectivity index (χ0v) is 13.3. The van der Waals surface area contributed by atoms with Gasteiger partial charge in [-0.05, 0) is 61.5 Å². The van der Waals surface area contributed by atoms with Crippen LogP contribution in [0.5, 0.6) is 0 Å². The van der Waals surface area contributed by atoms with E-state index in [4.69, 9.17) is 5.73 Å². The summed E-state index contributed by atoms with van der Waals surface area (Å²) < 4.78 is 0. The first-order valence-electron chi connectivity index (χ1n) is 8.29. The van der Waals surface area contributed by atoms with Gasteiger partial charge in [0.15, 0.2) is 0 Å². The van der Waals surface area contributed by atoms with Crippen LogP contribution in [0.1, 0.15) is 76.3 Å². The predicted octanol–water partition coefficient (Wildman–Crippen LogP) is 4.75. The number of nitrogens with two attached hydrogens (primary N) is 1. The second kappa shape index (κ2) is 4.87. The molecule has 20 heavy (non-hydrogen) atoms. The minimum Gasteiger partial charge on any atom is -0.327 e. The quantitative estimate of drug-likeness (QED) is 0.843. The third-order valence-electron chi connectivity index (χ3n) is 5.82. The first-order chi connectivity index (χ1) is 9.43. The molecule has 0 aliphatic heterocycles. The van der Waals surface area contributed by atoms with Gasteiger partial charge in [0.1, 0.15) is 0 Å². The zero-order chi connectivity index (χ0) is 14.4. The van der Waals surface area contributed by atoms with Crippen molar-refractivity contribution in [1.82, 2.24) is 0 Å². The van der Waals surface area contributed by atoms with Crippen molar-refractivity contribution in [3.05, 3.63) is 35.4 Å². The van der Waals surface area contributed by atoms with Crippen molar-refractivity contribution in [1.29, 1.82) is 0 Å². The van der Waals surface area contributed by atoms with Gasteiger partial charge in [-0.15, -0.1) is 0 Å². The molecule has 0 saturated heterocycles. The third-order valence-corrected chi connectivity index (χ3v) is 5.82. The summed E-state index contributed by atoms with van der Waals surface area (Å²) in [7, 11) is 0. The molecule has 2 fully saturated rings. The maximum absolute atomic E-state index is 6.18. The minimum absolute atomic E-state index is 0.280. The van der Waals surface area contributed by atoms with Gasteiger partial charge in [0.2, 0.25) is 0 Å². The van der Waals surface area contributed by atoms with Gasteiger partial charge in [0.05, 0.1) is 0 Å². The second-order valence-electron chi connectivity index (χ2n) is 8.02. The van der Waals surface area contributed by atoms with Gasteiger partial charge in [-0.2, -0.15) is 0 Å². The monoisotopic (exact) mass is 271 g/mol. The first kappa shape index (κ1) is 14.1. The molecule has 2 N–H and O–H groups in total. The molecule has 2 aliphatic rings. The van der Waals surface area contributed by atoms with E-state index in [1.165, 1.54) is 44.1 Å². The molecule has 2 atom stereocenters. The van der Waals surface area contributed by atoms with Crippen LogP contribution in [-0.4, -0.2) is 6.04 Å². The highest BCUT2D eigenvalue weighted by molar-refractivity contribution is 5.36. The normalized spacial score (nSPS) is 28.9. The molecule has 0 heterocycles. The van der Waals surface area contributed by atoms with Crippen LogP contribution in [0.3, 0.4) is 0 Å². The fourth-order valence-corrected chi connectivity index (χ4v) is 4.21. The summed E-state index contributed by atoms with van der Waals surface area (Å²) in [5.41, 5.74) is 10.0. The highest BCUT2D eigenvalue weighted by atomic mass is 14.7. The molecular formula is C19H29N. The topological polar surface area (TPSA) is 26.0 Å². The van der Waals surface area contributed by atoms with Crippen molar-refractivity contribution < 1.29 is 0 Å². The number of hydrogen-bond acceptors (Lipinski definition) is 1. The lowest BCUT2D eigenvalue weighted by Crippen LogP contribution is -2.31. The van der Waals surface area contributed by atoms with Crippen molar-refractivity contribution in [2.24, 2.45) is 11.1 Å². The van der Waals surface area contributed by atoms with E-state index < -0.39 is 0 Å². The van der Waals surface area contributed by atoms with E-state index in [-0.39, 0.29) is 6.04 Å². The molecule has 1 aromatic rings. The van der Waals surface area contributed by atoms with E-state index >= 15 is 0 Å². The maximum atomic E-state index is 6.18. The fourth-order valence-electron chi connectivity index (χ4n) is 4.21. The summed E-state index contributed by atoms with van der Waals surface area (Å²) in [5, 5.41) is 0. The van der Waals surface area contributed by atoms with Crippen molar-refractivity contribution >= 4 is 0 Å². The summed E-state index contributed by atoms with van der Waals surface area (Å²) in [6.45, 7) is 7.00. The van der Waals surface area contributed by atoms with Gasteiger partial charge in [0, 0.05) is 11.5 Å². The molecule has 0 aromatic heterocycles. The van der Waals surface area contributed by atoms with Gasteiger partial charge in [-0.3, -0.25) is 0 Å². The molecule has 0 bridgehead atoms. The van der Waals surface area contributed by atoms with E-state index in [1.807, 2.05) is 0 Å². The highest BCUT2D eigenvalue weighted by Crippen LogP contribution is 2.51. The lowest BCUT2D eigenvalue weighted by Gasteiger charge is -2.35. The summed E-state index contributed by atoms with van der Waals surface area (Å²) in [4.78, 5) is 0. The van der Waals surface area contributed by atoms with Crippen molar-refractivity contribution in [3.63, 3.8) is 0 Å². The summed E-state index contributed by atoms with van der Waals surface area (Å²) in [6, 6.07) is 9.75. The predicted molar refractivity (Wildman–Crippen MR) is 86.0 cm³/mol. The molecule has 0 spiro atoms. The highest BCUT2D eigenvalue weighted by Gasteiger charge is 2.47. The van der Waals surface area contributed by atoms with E-state index in [2.05, 4.69) is 45.0 Å². The lowest BCUT2D eigenvalue weighted by molar-refractivity contribution is 0.219. The Balaban J connectivity index is 1.77. The Morgan fingerprint density at radius 3 is 2.25 bits per heavy atom. The minimum atomic E-state index is 0.280. The molecule has 1 nitrogen and oxygen atoms in total. The first-order valence-corrected chi connectivity index (χ1v) is 8.29. The van der Waals surface area contributed by atoms with Gasteiger partial charge >= 0.3 is 0 Å². The van der Waals surface area contributed by atoms with Crippen molar-refractivity contribution in [2.75, 3.05) is 0 Å². The second-order valence-corrected chi connectivity index (χ2v) is 8.02. The largest absolute Gasteiger partial charge is 0.327 e. The van der Waals surface area contributed by atoms with Gasteiger partial charge in [-0.1, -0.05) is 44.5 Å². The fraction of sp³-hybridized carbons (Fsp3) is 0.684. The SMILES string of the molecule is CC(N)C1(c2ccc(C3CCCC(C)(C)C3)cc2)CC1. The molecule has 0 radical (unpaired) electrons. The van der Waals surface area contributed by atoms with Crippen LogP contribution in [0, 0.1) is 5.41 Å². The molecule has 2 aliphatic carbocycles. The summed E-state index contributed by atoms with van der Waals surface area (Å²) in [6.07, 6.45) is 7.99. The van der Waals surface area contributed by atoms with Crippen LogP contribution in [0.15, 0.2) is 24.3 Å². The van der Waals surface area contributed by atoms with Crippen LogP contribution in [-0.2, 0) is 5.41 Å².